The van der Waals surface area contributed by atoms with E-state index >= 15 is 0 Å². The van der Waals surface area contributed by atoms with Crippen molar-refractivity contribution in [2.75, 3.05) is 0 Å². The van der Waals surface area contributed by atoms with E-state index in [1.807, 2.05) is 0 Å². The fraction of sp³-hybridized carbons (Fsp3) is 0.235. The fourth-order valence-corrected chi connectivity index (χ4v) is 2.66. The number of amides is 1. The Morgan fingerprint density at radius 1 is 1.08 bits per heavy atom. The number of non-ortho nitro benzene ring substituents is 2. The zero-order valence-electron chi connectivity index (χ0n) is 13.5. The van der Waals surface area contributed by atoms with Crippen LogP contribution >= 0.6 is 0 Å². The van der Waals surface area contributed by atoms with Gasteiger partial charge in [0, 0.05) is 30.3 Å². The molecule has 1 amide bonds. The Kier molecular flexibility index (Phi) is 4.61. The molecule has 1 fully saturated rings. The molecule has 0 saturated heterocycles. The van der Waals surface area contributed by atoms with Gasteiger partial charge in [-0.3, -0.25) is 25.0 Å². The van der Waals surface area contributed by atoms with Crippen LogP contribution in [-0.4, -0.2) is 26.7 Å². The van der Waals surface area contributed by atoms with Crippen LogP contribution in [-0.2, 0) is 6.54 Å². The van der Waals surface area contributed by atoms with Gasteiger partial charge in [-0.05, 0) is 18.9 Å². The van der Waals surface area contributed by atoms with E-state index in [1.54, 1.807) is 12.1 Å². The average Bonchev–Trinajstić information content (AvgIpc) is 3.45. The second-order valence-corrected chi connectivity index (χ2v) is 6.01. The van der Waals surface area contributed by atoms with Crippen LogP contribution in [0.25, 0.3) is 0 Å². The molecule has 0 aliphatic heterocycles. The van der Waals surface area contributed by atoms with Crippen molar-refractivity contribution in [2.24, 2.45) is 0 Å². The van der Waals surface area contributed by atoms with E-state index in [-0.39, 0.29) is 18.2 Å². The lowest BCUT2D eigenvalue weighted by Crippen LogP contribution is -2.33. The first kappa shape index (κ1) is 17.5. The minimum atomic E-state index is -0.790. The van der Waals surface area contributed by atoms with Gasteiger partial charge in [-0.15, -0.1) is 0 Å². The normalized spacial score (nSPS) is 13.3. The van der Waals surface area contributed by atoms with Gasteiger partial charge >= 0.3 is 0 Å². The number of nitrogens with zero attached hydrogens (tertiary/aromatic N) is 3. The summed E-state index contributed by atoms with van der Waals surface area (Å²) in [5.74, 6) is -1.06. The van der Waals surface area contributed by atoms with E-state index in [1.165, 1.54) is 17.0 Å². The van der Waals surface area contributed by atoms with Crippen LogP contribution < -0.4 is 0 Å². The van der Waals surface area contributed by atoms with Crippen molar-refractivity contribution in [3.8, 4) is 0 Å². The van der Waals surface area contributed by atoms with E-state index < -0.39 is 32.9 Å². The summed E-state index contributed by atoms with van der Waals surface area (Å²) in [5.41, 5.74) is -0.921. The average molecular weight is 359 g/mol. The molecule has 3 rings (SSSR count). The molecule has 2 aromatic rings. The Bertz CT molecular complexity index is 865. The summed E-state index contributed by atoms with van der Waals surface area (Å²) in [6.45, 7) is -0.00728. The van der Waals surface area contributed by atoms with Crippen LogP contribution in [0.5, 0.6) is 0 Å². The van der Waals surface area contributed by atoms with E-state index in [4.69, 9.17) is 0 Å². The number of nitro groups is 2. The maximum atomic E-state index is 13.9. The predicted octanol–water partition coefficient (Wildman–Crippen LogP) is 3.45. The summed E-state index contributed by atoms with van der Waals surface area (Å²) in [5, 5.41) is 22.0. The molecule has 0 bridgehead atoms. The summed E-state index contributed by atoms with van der Waals surface area (Å²) in [6, 6.07) is 8.71. The highest BCUT2D eigenvalue weighted by Gasteiger charge is 2.34. The third-order valence-corrected chi connectivity index (χ3v) is 4.12. The molecule has 1 aliphatic carbocycles. The van der Waals surface area contributed by atoms with E-state index in [0.29, 0.717) is 5.56 Å². The van der Waals surface area contributed by atoms with Crippen LogP contribution in [0.15, 0.2) is 42.5 Å². The summed E-state index contributed by atoms with van der Waals surface area (Å²) in [4.78, 5) is 34.7. The topological polar surface area (TPSA) is 107 Å². The zero-order chi connectivity index (χ0) is 18.8. The lowest BCUT2D eigenvalue weighted by molar-refractivity contribution is -0.394. The highest BCUT2D eigenvalue weighted by Crippen LogP contribution is 2.32. The zero-order valence-corrected chi connectivity index (χ0v) is 13.5. The molecule has 2 aromatic carbocycles. The Balaban J connectivity index is 1.96. The molecular weight excluding hydrogens is 345 g/mol. The Morgan fingerprint density at radius 3 is 2.15 bits per heavy atom. The molecule has 9 heteroatoms. The lowest BCUT2D eigenvalue weighted by atomic mass is 10.1. The molecule has 0 atom stereocenters. The first-order chi connectivity index (χ1) is 12.4. The summed E-state index contributed by atoms with van der Waals surface area (Å²) in [7, 11) is 0. The van der Waals surface area contributed by atoms with E-state index in [2.05, 4.69) is 0 Å². The number of halogens is 1. The Labute approximate surface area is 147 Å². The van der Waals surface area contributed by atoms with Crippen molar-refractivity contribution < 1.29 is 19.0 Å². The van der Waals surface area contributed by atoms with E-state index in [9.17, 15) is 29.4 Å². The molecule has 134 valence electrons. The second-order valence-electron chi connectivity index (χ2n) is 6.01. The standard InChI is InChI=1S/C17H14FN3O5/c18-16-4-2-1-3-11(16)10-19(13-5-6-13)17(22)12-7-14(20(23)24)9-15(8-12)21(25)26/h1-4,7-9,13H,5-6,10H2. The first-order valence-corrected chi connectivity index (χ1v) is 7.85. The van der Waals surface area contributed by atoms with Gasteiger partial charge in [0.2, 0.25) is 0 Å². The molecule has 0 N–H and O–H groups in total. The van der Waals surface area contributed by atoms with Gasteiger partial charge in [0.05, 0.1) is 21.5 Å². The number of benzene rings is 2. The number of carbonyl (C=O) groups is 1. The molecule has 0 spiro atoms. The van der Waals surface area contributed by atoms with Crippen molar-refractivity contribution >= 4 is 17.3 Å². The lowest BCUT2D eigenvalue weighted by Gasteiger charge is -2.23. The van der Waals surface area contributed by atoms with Crippen LogP contribution in [0.2, 0.25) is 0 Å². The quantitative estimate of drug-likeness (QED) is 0.580. The van der Waals surface area contributed by atoms with E-state index in [0.717, 1.165) is 31.0 Å². The van der Waals surface area contributed by atoms with Crippen molar-refractivity contribution in [3.05, 3.63) is 79.6 Å². The van der Waals surface area contributed by atoms with Crippen molar-refractivity contribution in [3.63, 3.8) is 0 Å². The SMILES string of the molecule is O=C(c1cc([N+](=O)[O-])cc([N+](=O)[O-])c1)N(Cc1ccccc1F)C1CC1. The molecule has 0 radical (unpaired) electrons. The van der Waals surface area contributed by atoms with Crippen molar-refractivity contribution in [2.45, 2.75) is 25.4 Å². The minimum Gasteiger partial charge on any atom is -0.331 e. The predicted molar refractivity (Wildman–Crippen MR) is 89.0 cm³/mol. The molecule has 0 unspecified atom stereocenters. The van der Waals surface area contributed by atoms with Gasteiger partial charge in [0.15, 0.2) is 0 Å². The Morgan fingerprint density at radius 2 is 1.65 bits per heavy atom. The number of hydrogen-bond acceptors (Lipinski definition) is 5. The van der Waals surface area contributed by atoms with Crippen LogP contribution in [0.1, 0.15) is 28.8 Å². The van der Waals surface area contributed by atoms with Gasteiger partial charge in [-0.2, -0.15) is 0 Å². The third-order valence-electron chi connectivity index (χ3n) is 4.12. The first-order valence-electron chi connectivity index (χ1n) is 7.85. The molecule has 1 aliphatic rings. The monoisotopic (exact) mass is 359 g/mol. The smallest absolute Gasteiger partial charge is 0.277 e. The molecule has 26 heavy (non-hydrogen) atoms. The second kappa shape index (κ2) is 6.87. The molecule has 0 aromatic heterocycles. The molecule has 8 nitrogen and oxygen atoms in total. The number of rotatable bonds is 6. The maximum Gasteiger partial charge on any atom is 0.277 e. The summed E-state index contributed by atoms with van der Waals surface area (Å²) >= 11 is 0. The van der Waals surface area contributed by atoms with Gasteiger partial charge in [-0.1, -0.05) is 18.2 Å². The van der Waals surface area contributed by atoms with Gasteiger partial charge in [0.25, 0.3) is 17.3 Å². The minimum absolute atomic E-state index is 0.00728. The van der Waals surface area contributed by atoms with Crippen molar-refractivity contribution in [1.29, 1.82) is 0 Å². The summed E-state index contributed by atoms with van der Waals surface area (Å²) in [6.07, 6.45) is 1.47. The largest absolute Gasteiger partial charge is 0.331 e. The number of hydrogen-bond donors (Lipinski definition) is 0. The highest BCUT2D eigenvalue weighted by atomic mass is 19.1. The number of nitro benzene ring substituents is 2. The number of carbonyl (C=O) groups excluding carboxylic acids is 1. The van der Waals surface area contributed by atoms with Gasteiger partial charge in [0.1, 0.15) is 5.82 Å². The third kappa shape index (κ3) is 3.66. The molecule has 1 saturated carbocycles. The highest BCUT2D eigenvalue weighted by molar-refractivity contribution is 5.96. The fourth-order valence-electron chi connectivity index (χ4n) is 2.66. The maximum absolute atomic E-state index is 13.9. The summed E-state index contributed by atoms with van der Waals surface area (Å²) < 4.78 is 13.9. The molecule has 0 heterocycles. The van der Waals surface area contributed by atoms with Crippen LogP contribution in [0.3, 0.4) is 0 Å². The van der Waals surface area contributed by atoms with Crippen molar-refractivity contribution in [1.82, 2.24) is 4.90 Å². The molecular formula is C17H14FN3O5. The van der Waals surface area contributed by atoms with Gasteiger partial charge in [-0.25, -0.2) is 4.39 Å². The van der Waals surface area contributed by atoms with Gasteiger partial charge < -0.3 is 4.90 Å². The Hall–Kier alpha value is -3.36. The van der Waals surface area contributed by atoms with Crippen LogP contribution in [0, 0.1) is 26.0 Å². The van der Waals surface area contributed by atoms with Crippen LogP contribution in [0.4, 0.5) is 15.8 Å².